The van der Waals surface area contributed by atoms with Crippen molar-refractivity contribution in [3.05, 3.63) is 82.8 Å². The zero-order valence-corrected chi connectivity index (χ0v) is 21.8. The van der Waals surface area contributed by atoms with Crippen LogP contribution in [-0.2, 0) is 25.0 Å². The highest BCUT2D eigenvalue weighted by atomic mass is 35.5. The van der Waals surface area contributed by atoms with Crippen LogP contribution in [0.3, 0.4) is 0 Å². The van der Waals surface area contributed by atoms with Gasteiger partial charge in [-0.2, -0.15) is 12.7 Å². The Kier molecular flexibility index (Phi) is 8.29. The number of hydrogen-bond acceptors (Lipinski definition) is 5. The topological polar surface area (TPSA) is 116 Å². The lowest BCUT2D eigenvalue weighted by molar-refractivity contribution is -0.114. The van der Waals surface area contributed by atoms with Gasteiger partial charge in [0.2, 0.25) is 5.91 Å². The van der Waals surface area contributed by atoms with E-state index in [1.807, 2.05) is 0 Å². The molecule has 0 heterocycles. The van der Waals surface area contributed by atoms with Gasteiger partial charge in [0.15, 0.2) is 0 Å². The number of nitrogens with zero attached hydrogens (tertiary/aromatic N) is 2. The van der Waals surface area contributed by atoms with Crippen LogP contribution >= 0.6 is 23.2 Å². The molecule has 1 amide bonds. The molecular formula is C22H22Cl2N4O5S2. The summed E-state index contributed by atoms with van der Waals surface area (Å²) in [5, 5.41) is 2.85. The fourth-order valence-corrected chi connectivity index (χ4v) is 5.47. The molecule has 0 fully saturated rings. The highest BCUT2D eigenvalue weighted by Gasteiger charge is 2.27. The molecule has 0 aliphatic rings. The number of benzene rings is 3. The van der Waals surface area contributed by atoms with Gasteiger partial charge in [-0.3, -0.25) is 9.52 Å². The number of nitrogens with one attached hydrogen (secondary N) is 2. The van der Waals surface area contributed by atoms with Crippen molar-refractivity contribution in [1.29, 1.82) is 0 Å². The smallest absolute Gasteiger partial charge is 0.304 e. The number of anilines is 3. The second-order valence-electron chi connectivity index (χ2n) is 7.41. The summed E-state index contributed by atoms with van der Waals surface area (Å²) in [6, 6.07) is 18.1. The molecule has 0 spiro atoms. The molecule has 3 rings (SSSR count). The van der Waals surface area contributed by atoms with E-state index in [2.05, 4.69) is 10.0 Å². The van der Waals surface area contributed by atoms with E-state index >= 15 is 0 Å². The monoisotopic (exact) mass is 556 g/mol. The van der Waals surface area contributed by atoms with Gasteiger partial charge < -0.3 is 5.32 Å². The lowest BCUT2D eigenvalue weighted by Crippen LogP contribution is -2.44. The van der Waals surface area contributed by atoms with Crippen LogP contribution in [0.2, 0.25) is 10.0 Å². The molecule has 0 atom stereocenters. The zero-order valence-electron chi connectivity index (χ0n) is 18.6. The Morgan fingerprint density at radius 1 is 0.857 bits per heavy atom. The minimum atomic E-state index is -3.98. The number of rotatable bonds is 9. The molecule has 3 aromatic carbocycles. The molecule has 9 nitrogen and oxygen atoms in total. The summed E-state index contributed by atoms with van der Waals surface area (Å²) >= 11 is 12.0. The standard InChI is InChI=1S/C22H22Cl2N4O5S2/c1-27(2)35(32,33)28(17-7-4-3-5-8-17)15-21(29)25-16-11-13-18(14-12-16)34(30,31)26-20-10-6-9-19(23)22(20)24/h3-14,26H,15H2,1-2H3,(H,25,29). The molecule has 3 aromatic rings. The molecule has 0 aliphatic heterocycles. The quantitative estimate of drug-likeness (QED) is 0.412. The number of para-hydroxylation sites is 1. The van der Waals surface area contributed by atoms with Gasteiger partial charge in [0.1, 0.15) is 6.54 Å². The van der Waals surface area contributed by atoms with Crippen LogP contribution in [0.15, 0.2) is 77.7 Å². The van der Waals surface area contributed by atoms with Gasteiger partial charge in [0.25, 0.3) is 10.0 Å². The Balaban J connectivity index is 1.75. The van der Waals surface area contributed by atoms with Crippen LogP contribution in [0.25, 0.3) is 0 Å². The summed E-state index contributed by atoms with van der Waals surface area (Å²) in [5.74, 6) is -0.612. The largest absolute Gasteiger partial charge is 0.325 e. The summed E-state index contributed by atoms with van der Waals surface area (Å²) in [5.41, 5.74) is 0.730. The summed E-state index contributed by atoms with van der Waals surface area (Å²) in [6.07, 6.45) is 0. The normalized spacial score (nSPS) is 11.8. The molecule has 0 aliphatic carbocycles. The first-order valence-corrected chi connectivity index (χ1v) is 13.7. The van der Waals surface area contributed by atoms with Crippen molar-refractivity contribution in [1.82, 2.24) is 4.31 Å². The first-order valence-electron chi connectivity index (χ1n) is 10.0. The van der Waals surface area contributed by atoms with Crippen LogP contribution in [0.1, 0.15) is 0 Å². The van der Waals surface area contributed by atoms with E-state index in [-0.39, 0.29) is 26.3 Å². The third-order valence-corrected chi connectivity index (χ3v) is 8.74. The van der Waals surface area contributed by atoms with E-state index in [1.165, 1.54) is 50.5 Å². The van der Waals surface area contributed by atoms with E-state index in [4.69, 9.17) is 23.2 Å². The van der Waals surface area contributed by atoms with Gasteiger partial charge in [-0.1, -0.05) is 47.5 Å². The second-order valence-corrected chi connectivity index (χ2v) is 11.9. The van der Waals surface area contributed by atoms with E-state index in [1.54, 1.807) is 36.4 Å². The third kappa shape index (κ3) is 6.44. The summed E-state index contributed by atoms with van der Waals surface area (Å²) < 4.78 is 55.2. The summed E-state index contributed by atoms with van der Waals surface area (Å²) in [4.78, 5) is 12.6. The van der Waals surface area contributed by atoms with Crippen molar-refractivity contribution >= 4 is 66.4 Å². The third-order valence-electron chi connectivity index (χ3n) is 4.72. The van der Waals surface area contributed by atoms with Crippen molar-refractivity contribution in [2.45, 2.75) is 4.90 Å². The van der Waals surface area contributed by atoms with Crippen LogP contribution in [-0.4, -0.2) is 47.7 Å². The van der Waals surface area contributed by atoms with Crippen molar-refractivity contribution in [3.63, 3.8) is 0 Å². The first kappa shape index (κ1) is 26.8. The number of carbonyl (C=O) groups is 1. The number of sulfonamides is 1. The summed E-state index contributed by atoms with van der Waals surface area (Å²) in [7, 11) is -5.19. The first-order chi connectivity index (χ1) is 16.4. The Morgan fingerprint density at radius 3 is 2.09 bits per heavy atom. The minimum Gasteiger partial charge on any atom is -0.325 e. The molecule has 186 valence electrons. The maximum Gasteiger partial charge on any atom is 0.304 e. The molecular weight excluding hydrogens is 535 g/mol. The molecule has 2 N–H and O–H groups in total. The molecule has 0 bridgehead atoms. The lowest BCUT2D eigenvalue weighted by atomic mass is 10.3. The van der Waals surface area contributed by atoms with E-state index in [0.717, 1.165) is 8.61 Å². The highest BCUT2D eigenvalue weighted by Crippen LogP contribution is 2.31. The van der Waals surface area contributed by atoms with Crippen molar-refractivity contribution in [2.75, 3.05) is 35.0 Å². The van der Waals surface area contributed by atoms with Crippen LogP contribution in [0, 0.1) is 0 Å². The SMILES string of the molecule is CN(C)S(=O)(=O)N(CC(=O)Nc1ccc(S(=O)(=O)Nc2cccc(Cl)c2Cl)cc1)c1ccccc1. The highest BCUT2D eigenvalue weighted by molar-refractivity contribution is 7.92. The molecule has 0 saturated heterocycles. The van der Waals surface area contributed by atoms with Gasteiger partial charge >= 0.3 is 10.2 Å². The van der Waals surface area contributed by atoms with Gasteiger partial charge in [0.05, 0.1) is 26.3 Å². The predicted octanol–water partition coefficient (Wildman–Crippen LogP) is 4.05. The maximum atomic E-state index is 12.7. The average molecular weight is 557 g/mol. The molecule has 0 unspecified atom stereocenters. The average Bonchev–Trinajstić information content (AvgIpc) is 2.81. The lowest BCUT2D eigenvalue weighted by Gasteiger charge is -2.26. The number of halogens is 2. The predicted molar refractivity (Wildman–Crippen MR) is 139 cm³/mol. The Morgan fingerprint density at radius 2 is 1.49 bits per heavy atom. The number of hydrogen-bond donors (Lipinski definition) is 2. The molecule has 0 aromatic heterocycles. The fourth-order valence-electron chi connectivity index (χ4n) is 2.93. The molecule has 0 radical (unpaired) electrons. The van der Waals surface area contributed by atoms with Gasteiger partial charge in [0, 0.05) is 19.8 Å². The van der Waals surface area contributed by atoms with Crippen LogP contribution < -0.4 is 14.3 Å². The maximum absolute atomic E-state index is 12.7. The zero-order chi connectivity index (χ0) is 25.8. The Labute approximate surface area is 214 Å². The fraction of sp³-hybridized carbons (Fsp3) is 0.136. The molecule has 0 saturated carbocycles. The van der Waals surface area contributed by atoms with E-state index in [9.17, 15) is 21.6 Å². The van der Waals surface area contributed by atoms with E-state index < -0.39 is 32.7 Å². The minimum absolute atomic E-state index is 0.0669. The van der Waals surface area contributed by atoms with Crippen molar-refractivity contribution < 1.29 is 21.6 Å². The van der Waals surface area contributed by atoms with Gasteiger partial charge in [-0.15, -0.1) is 0 Å². The van der Waals surface area contributed by atoms with Gasteiger partial charge in [-0.25, -0.2) is 12.7 Å². The van der Waals surface area contributed by atoms with Crippen molar-refractivity contribution in [3.8, 4) is 0 Å². The summed E-state index contributed by atoms with van der Waals surface area (Å²) in [6.45, 7) is -0.487. The molecule has 13 heteroatoms. The van der Waals surface area contributed by atoms with E-state index in [0.29, 0.717) is 5.69 Å². The van der Waals surface area contributed by atoms with Crippen LogP contribution in [0.5, 0.6) is 0 Å². The second kappa shape index (κ2) is 10.8. The Bertz CT molecular complexity index is 1420. The van der Waals surface area contributed by atoms with Gasteiger partial charge in [-0.05, 0) is 48.5 Å². The number of amides is 1. The van der Waals surface area contributed by atoms with Crippen LogP contribution in [0.4, 0.5) is 17.1 Å². The van der Waals surface area contributed by atoms with Crippen molar-refractivity contribution in [2.24, 2.45) is 0 Å². The number of carbonyl (C=O) groups excluding carboxylic acids is 1. The molecule has 35 heavy (non-hydrogen) atoms. The Hall–Kier alpha value is -2.83.